The number of hydrogen-bond acceptors (Lipinski definition) is 6. The Morgan fingerprint density at radius 3 is 2.48 bits per heavy atom. The Labute approximate surface area is 186 Å². The van der Waals surface area contributed by atoms with Crippen LogP contribution < -0.4 is 11.0 Å². The molecule has 7 nitrogen and oxygen atoms in total. The molecule has 0 aliphatic heterocycles. The number of aromatic amines is 1. The average Bonchev–Trinajstić information content (AvgIpc) is 2.80. The number of nitrogens with zero attached hydrogens (tertiary/aromatic N) is 4. The van der Waals surface area contributed by atoms with Crippen molar-refractivity contribution in [2.24, 2.45) is 5.10 Å². The second kappa shape index (κ2) is 9.15. The number of H-pyrrole nitrogens is 1. The summed E-state index contributed by atoms with van der Waals surface area (Å²) in [6.07, 6.45) is 3.36. The molecular weight excluding hydrogens is 456 g/mol. The quantitative estimate of drug-likeness (QED) is 0.327. The van der Waals surface area contributed by atoms with Gasteiger partial charge in [0.15, 0.2) is 0 Å². The van der Waals surface area contributed by atoms with E-state index in [9.17, 15) is 10.1 Å². The van der Waals surface area contributed by atoms with E-state index >= 15 is 0 Å². The van der Waals surface area contributed by atoms with Gasteiger partial charge in [0.25, 0.3) is 5.56 Å². The van der Waals surface area contributed by atoms with Gasteiger partial charge in [0, 0.05) is 21.8 Å². The van der Waals surface area contributed by atoms with Gasteiger partial charge < -0.3 is 0 Å². The van der Waals surface area contributed by atoms with E-state index in [1.807, 2.05) is 60.7 Å². The van der Waals surface area contributed by atoms with Crippen LogP contribution >= 0.6 is 15.9 Å². The van der Waals surface area contributed by atoms with Crippen LogP contribution in [0.5, 0.6) is 0 Å². The molecule has 4 rings (SSSR count). The summed E-state index contributed by atoms with van der Waals surface area (Å²) in [5, 5.41) is 13.5. The highest BCUT2D eigenvalue weighted by molar-refractivity contribution is 9.10. The molecule has 2 aromatic heterocycles. The van der Waals surface area contributed by atoms with Crippen LogP contribution in [0.1, 0.15) is 11.1 Å². The fraction of sp³-hybridized carbons (Fsp3) is 0. The maximum atomic E-state index is 12.3. The standard InChI is InChI=1S/C23H15BrN6O/c24-18-10-11-20(26-14-18)16-8-6-15(7-9-16)13-27-30-23-28-21(17-4-2-1-3-5-17)19(12-25)22(31)29-23/h1-11,13-14H,(H2,28,29,30,31). The molecule has 0 unspecified atom stereocenters. The number of pyridine rings is 1. The Hall–Kier alpha value is -4.09. The lowest BCUT2D eigenvalue weighted by molar-refractivity contribution is 1.08. The van der Waals surface area contributed by atoms with Crippen molar-refractivity contribution in [2.75, 3.05) is 5.43 Å². The Balaban J connectivity index is 1.53. The smallest absolute Gasteiger partial charge is 0.270 e. The highest BCUT2D eigenvalue weighted by Gasteiger charge is 2.12. The van der Waals surface area contributed by atoms with Crippen molar-refractivity contribution < 1.29 is 0 Å². The molecular formula is C23H15BrN6O. The van der Waals surface area contributed by atoms with Crippen LogP contribution in [0.3, 0.4) is 0 Å². The van der Waals surface area contributed by atoms with Gasteiger partial charge in [-0.15, -0.1) is 0 Å². The Morgan fingerprint density at radius 1 is 1.03 bits per heavy atom. The van der Waals surface area contributed by atoms with Crippen molar-refractivity contribution in [1.29, 1.82) is 5.26 Å². The molecule has 0 spiro atoms. The van der Waals surface area contributed by atoms with Crippen molar-refractivity contribution in [3.05, 3.63) is 98.9 Å². The number of halogens is 1. The third-order valence-corrected chi connectivity index (χ3v) is 4.87. The number of aromatic nitrogens is 3. The molecule has 0 aliphatic carbocycles. The van der Waals surface area contributed by atoms with Crippen LogP contribution in [-0.2, 0) is 0 Å². The van der Waals surface area contributed by atoms with Gasteiger partial charge in [-0.25, -0.2) is 10.4 Å². The highest BCUT2D eigenvalue weighted by Crippen LogP contribution is 2.20. The maximum absolute atomic E-state index is 12.3. The minimum absolute atomic E-state index is 0.0436. The fourth-order valence-electron chi connectivity index (χ4n) is 2.89. The largest absolute Gasteiger partial charge is 0.290 e. The van der Waals surface area contributed by atoms with E-state index in [0.717, 1.165) is 21.3 Å². The molecule has 0 saturated carbocycles. The summed E-state index contributed by atoms with van der Waals surface area (Å²) in [6.45, 7) is 0. The van der Waals surface area contributed by atoms with Crippen LogP contribution in [0.25, 0.3) is 22.5 Å². The predicted molar refractivity (Wildman–Crippen MR) is 124 cm³/mol. The molecule has 0 radical (unpaired) electrons. The van der Waals surface area contributed by atoms with E-state index in [2.05, 4.69) is 41.4 Å². The molecule has 31 heavy (non-hydrogen) atoms. The number of nitrogens with one attached hydrogen (secondary N) is 2. The van der Waals surface area contributed by atoms with Crippen molar-refractivity contribution in [3.8, 4) is 28.6 Å². The zero-order chi connectivity index (χ0) is 21.6. The molecule has 2 N–H and O–H groups in total. The van der Waals surface area contributed by atoms with Crippen LogP contribution in [0.2, 0.25) is 0 Å². The van der Waals surface area contributed by atoms with Crippen molar-refractivity contribution in [2.45, 2.75) is 0 Å². The van der Waals surface area contributed by atoms with E-state index < -0.39 is 5.56 Å². The predicted octanol–water partition coefficient (Wildman–Crippen LogP) is 4.58. The lowest BCUT2D eigenvalue weighted by Gasteiger charge is -2.06. The topological polar surface area (TPSA) is 107 Å². The molecule has 0 bridgehead atoms. The molecule has 8 heteroatoms. The summed E-state index contributed by atoms with van der Waals surface area (Å²) < 4.78 is 0.927. The van der Waals surface area contributed by atoms with E-state index in [1.165, 1.54) is 0 Å². The Morgan fingerprint density at radius 2 is 1.81 bits per heavy atom. The molecule has 0 fully saturated rings. The number of hydrazone groups is 1. The second-order valence-corrected chi connectivity index (χ2v) is 7.39. The zero-order valence-corrected chi connectivity index (χ0v) is 17.7. The van der Waals surface area contributed by atoms with E-state index in [-0.39, 0.29) is 11.5 Å². The minimum Gasteiger partial charge on any atom is -0.290 e. The number of benzene rings is 2. The summed E-state index contributed by atoms with van der Waals surface area (Å²) in [5.74, 6) is 0.148. The monoisotopic (exact) mass is 470 g/mol. The third-order valence-electron chi connectivity index (χ3n) is 4.40. The van der Waals surface area contributed by atoms with Crippen LogP contribution in [-0.4, -0.2) is 21.2 Å². The first-order valence-corrected chi connectivity index (χ1v) is 10.0. The molecule has 2 aromatic carbocycles. The number of hydrogen-bond donors (Lipinski definition) is 2. The summed E-state index contributed by atoms with van der Waals surface area (Å²) in [7, 11) is 0. The lowest BCUT2D eigenvalue weighted by Crippen LogP contribution is -2.16. The normalized spacial score (nSPS) is 10.7. The van der Waals surface area contributed by atoms with Gasteiger partial charge in [0.2, 0.25) is 5.95 Å². The van der Waals surface area contributed by atoms with Crippen LogP contribution in [0.15, 0.2) is 87.3 Å². The summed E-state index contributed by atoms with van der Waals surface area (Å²) in [6, 6.07) is 22.6. The van der Waals surface area contributed by atoms with Gasteiger partial charge in [0.1, 0.15) is 11.6 Å². The Kier molecular flexibility index (Phi) is 5.96. The lowest BCUT2D eigenvalue weighted by atomic mass is 10.1. The SMILES string of the molecule is N#Cc1c(-c2ccccc2)nc(NN=Cc2ccc(-c3ccc(Br)cn3)cc2)[nH]c1=O. The van der Waals surface area contributed by atoms with Gasteiger partial charge in [-0.3, -0.25) is 14.8 Å². The van der Waals surface area contributed by atoms with Crippen molar-refractivity contribution in [1.82, 2.24) is 15.0 Å². The van der Waals surface area contributed by atoms with Gasteiger partial charge in [-0.2, -0.15) is 10.4 Å². The number of anilines is 1. The van der Waals surface area contributed by atoms with Gasteiger partial charge in [0.05, 0.1) is 17.6 Å². The fourth-order valence-corrected chi connectivity index (χ4v) is 3.12. The van der Waals surface area contributed by atoms with Crippen LogP contribution in [0, 0.1) is 11.3 Å². The van der Waals surface area contributed by atoms with Crippen molar-refractivity contribution in [3.63, 3.8) is 0 Å². The minimum atomic E-state index is -0.527. The molecule has 0 amide bonds. The zero-order valence-electron chi connectivity index (χ0n) is 16.1. The van der Waals surface area contributed by atoms with Gasteiger partial charge in [-0.05, 0) is 33.6 Å². The van der Waals surface area contributed by atoms with E-state index in [4.69, 9.17) is 0 Å². The molecule has 0 aliphatic rings. The van der Waals surface area contributed by atoms with Gasteiger partial charge >= 0.3 is 0 Å². The van der Waals surface area contributed by atoms with Gasteiger partial charge in [-0.1, -0.05) is 54.6 Å². The number of rotatable bonds is 5. The first-order valence-electron chi connectivity index (χ1n) is 9.25. The third kappa shape index (κ3) is 4.74. The van der Waals surface area contributed by atoms with Crippen molar-refractivity contribution >= 4 is 28.1 Å². The maximum Gasteiger partial charge on any atom is 0.270 e. The summed E-state index contributed by atoms with van der Waals surface area (Å²) in [4.78, 5) is 23.5. The summed E-state index contributed by atoms with van der Waals surface area (Å²) >= 11 is 3.38. The van der Waals surface area contributed by atoms with Crippen LogP contribution in [0.4, 0.5) is 5.95 Å². The molecule has 2 heterocycles. The average molecular weight is 471 g/mol. The second-order valence-electron chi connectivity index (χ2n) is 6.47. The van der Waals surface area contributed by atoms with E-state index in [0.29, 0.717) is 11.3 Å². The first kappa shape index (κ1) is 20.2. The molecule has 4 aromatic rings. The summed E-state index contributed by atoms with van der Waals surface area (Å²) in [5.41, 5.74) is 5.85. The Bertz CT molecular complexity index is 1320. The molecule has 0 saturated heterocycles. The molecule has 150 valence electrons. The molecule has 0 atom stereocenters. The van der Waals surface area contributed by atoms with E-state index in [1.54, 1.807) is 24.5 Å². The highest BCUT2D eigenvalue weighted by atomic mass is 79.9. The first-order chi connectivity index (χ1) is 15.1. The number of nitriles is 1.